The van der Waals surface area contributed by atoms with E-state index >= 15 is 0 Å². The zero-order valence-corrected chi connectivity index (χ0v) is 11.8. The summed E-state index contributed by atoms with van der Waals surface area (Å²) in [5.41, 5.74) is 0. The van der Waals surface area contributed by atoms with Crippen LogP contribution >= 0.6 is 0 Å². The number of carbonyl (C=O) groups excluding carboxylic acids is 1. The third-order valence-corrected chi connectivity index (χ3v) is 3.06. The highest BCUT2D eigenvalue weighted by atomic mass is 16.4. The maximum Gasteiger partial charge on any atom is 0.315 e. The van der Waals surface area contributed by atoms with E-state index in [0.29, 0.717) is 6.42 Å². The molecule has 0 aromatic heterocycles. The Balaban J connectivity index is 3.74. The molecule has 0 saturated heterocycles. The molecule has 0 aliphatic heterocycles. The Kier molecular flexibility index (Phi) is 8.16. The van der Waals surface area contributed by atoms with Gasteiger partial charge in [-0.25, -0.2) is 4.79 Å². The van der Waals surface area contributed by atoms with Crippen molar-refractivity contribution in [2.24, 2.45) is 5.92 Å². The molecule has 0 saturated carbocycles. The molecule has 0 aromatic rings. The van der Waals surface area contributed by atoms with Gasteiger partial charge in [-0.3, -0.25) is 4.79 Å². The molecule has 3 atom stereocenters. The molecule has 0 radical (unpaired) electrons. The maximum atomic E-state index is 11.5. The maximum absolute atomic E-state index is 11.5. The number of carboxylic acids is 1. The van der Waals surface area contributed by atoms with E-state index in [1.807, 2.05) is 20.8 Å². The van der Waals surface area contributed by atoms with Crippen LogP contribution in [0, 0.1) is 5.92 Å². The van der Waals surface area contributed by atoms with Crippen molar-refractivity contribution in [3.8, 4) is 0 Å². The molecule has 0 fully saturated rings. The summed E-state index contributed by atoms with van der Waals surface area (Å²) in [5, 5.41) is 14.4. The van der Waals surface area contributed by atoms with Crippen molar-refractivity contribution < 1.29 is 14.7 Å². The summed E-state index contributed by atoms with van der Waals surface area (Å²) in [6, 6.07) is 0.0856. The molecular weight excluding hydrogens is 232 g/mol. The van der Waals surface area contributed by atoms with E-state index in [9.17, 15) is 9.59 Å². The first-order valence-corrected chi connectivity index (χ1v) is 6.66. The molecule has 5 heteroatoms. The minimum atomic E-state index is -0.759. The Hall–Kier alpha value is -1.26. The van der Waals surface area contributed by atoms with Crippen molar-refractivity contribution in [1.82, 2.24) is 10.6 Å². The lowest BCUT2D eigenvalue weighted by Crippen LogP contribution is -2.44. The van der Waals surface area contributed by atoms with Gasteiger partial charge in [0.2, 0.25) is 0 Å². The summed E-state index contributed by atoms with van der Waals surface area (Å²) >= 11 is 0. The van der Waals surface area contributed by atoms with E-state index in [-0.39, 0.29) is 24.0 Å². The zero-order chi connectivity index (χ0) is 14.1. The molecule has 18 heavy (non-hydrogen) atoms. The number of carbonyl (C=O) groups is 2. The molecule has 0 aliphatic rings. The average molecular weight is 258 g/mol. The van der Waals surface area contributed by atoms with E-state index < -0.39 is 5.97 Å². The normalized spacial score (nSPS) is 15.6. The summed E-state index contributed by atoms with van der Waals surface area (Å²) in [7, 11) is 0. The smallest absolute Gasteiger partial charge is 0.315 e. The van der Waals surface area contributed by atoms with Crippen molar-refractivity contribution >= 4 is 12.0 Å². The van der Waals surface area contributed by atoms with Gasteiger partial charge in [0.05, 0.1) is 5.92 Å². The van der Waals surface area contributed by atoms with Crippen LogP contribution in [0.2, 0.25) is 0 Å². The van der Waals surface area contributed by atoms with Crippen LogP contribution in [0.3, 0.4) is 0 Å². The second kappa shape index (κ2) is 8.78. The quantitative estimate of drug-likeness (QED) is 0.625. The molecule has 2 amide bonds. The van der Waals surface area contributed by atoms with Crippen LogP contribution in [-0.4, -0.2) is 29.2 Å². The van der Waals surface area contributed by atoms with Crippen molar-refractivity contribution in [1.29, 1.82) is 0 Å². The van der Waals surface area contributed by atoms with Gasteiger partial charge >= 0.3 is 12.0 Å². The first-order valence-electron chi connectivity index (χ1n) is 6.66. The molecule has 0 rings (SSSR count). The van der Waals surface area contributed by atoms with E-state index in [1.54, 1.807) is 6.92 Å². The Bertz CT molecular complexity index is 269. The molecule has 0 heterocycles. The Labute approximate surface area is 109 Å². The molecule has 0 aliphatic carbocycles. The van der Waals surface area contributed by atoms with Crippen LogP contribution in [0.15, 0.2) is 0 Å². The second-order valence-corrected chi connectivity index (χ2v) is 5.00. The summed E-state index contributed by atoms with van der Waals surface area (Å²) in [6.07, 6.45) is 3.15. The van der Waals surface area contributed by atoms with Crippen LogP contribution in [0.5, 0.6) is 0 Å². The molecule has 0 bridgehead atoms. The number of hydrogen-bond donors (Lipinski definition) is 3. The monoisotopic (exact) mass is 258 g/mol. The van der Waals surface area contributed by atoms with Gasteiger partial charge in [0, 0.05) is 12.1 Å². The molecule has 3 unspecified atom stereocenters. The standard InChI is InChI=1S/C13H26N2O3/c1-5-10(3)14-13(18)15-11(4)8-6-7-9(2)12(16)17/h9-11H,5-8H2,1-4H3,(H,16,17)(H2,14,15,18). The highest BCUT2D eigenvalue weighted by Crippen LogP contribution is 2.09. The average Bonchev–Trinajstić information content (AvgIpc) is 2.27. The summed E-state index contributed by atoms with van der Waals surface area (Å²) in [4.78, 5) is 22.1. The molecular formula is C13H26N2O3. The third kappa shape index (κ3) is 7.92. The first-order chi connectivity index (χ1) is 8.36. The van der Waals surface area contributed by atoms with Gasteiger partial charge in [-0.05, 0) is 33.1 Å². The fourth-order valence-corrected chi connectivity index (χ4v) is 1.52. The van der Waals surface area contributed by atoms with Gasteiger partial charge in [-0.1, -0.05) is 20.3 Å². The summed E-state index contributed by atoms with van der Waals surface area (Å²) in [6.45, 7) is 7.61. The van der Waals surface area contributed by atoms with Gasteiger partial charge in [0.25, 0.3) is 0 Å². The second-order valence-electron chi connectivity index (χ2n) is 5.00. The highest BCUT2D eigenvalue weighted by Gasteiger charge is 2.12. The van der Waals surface area contributed by atoms with Crippen molar-refractivity contribution in [3.63, 3.8) is 0 Å². The predicted molar refractivity (Wildman–Crippen MR) is 71.5 cm³/mol. The number of carboxylic acid groups (broad SMARTS) is 1. The highest BCUT2D eigenvalue weighted by molar-refractivity contribution is 5.74. The van der Waals surface area contributed by atoms with E-state index in [2.05, 4.69) is 10.6 Å². The number of rotatable bonds is 8. The van der Waals surface area contributed by atoms with Gasteiger partial charge in [0.15, 0.2) is 0 Å². The molecule has 0 spiro atoms. The zero-order valence-electron chi connectivity index (χ0n) is 11.8. The van der Waals surface area contributed by atoms with Crippen LogP contribution in [0.4, 0.5) is 4.79 Å². The number of urea groups is 1. The largest absolute Gasteiger partial charge is 0.481 e. The topological polar surface area (TPSA) is 78.4 Å². The summed E-state index contributed by atoms with van der Waals surface area (Å²) < 4.78 is 0. The summed E-state index contributed by atoms with van der Waals surface area (Å²) in [5.74, 6) is -1.07. The lowest BCUT2D eigenvalue weighted by molar-refractivity contribution is -0.141. The first kappa shape index (κ1) is 16.7. The third-order valence-electron chi connectivity index (χ3n) is 3.06. The van der Waals surface area contributed by atoms with Crippen molar-refractivity contribution in [2.45, 2.75) is 65.5 Å². The van der Waals surface area contributed by atoms with Crippen LogP contribution in [0.1, 0.15) is 53.4 Å². The van der Waals surface area contributed by atoms with Gasteiger partial charge < -0.3 is 15.7 Å². The Morgan fingerprint density at radius 2 is 1.61 bits per heavy atom. The predicted octanol–water partition coefficient (Wildman–Crippen LogP) is 2.36. The molecule has 5 nitrogen and oxygen atoms in total. The van der Waals surface area contributed by atoms with E-state index in [0.717, 1.165) is 19.3 Å². The fourth-order valence-electron chi connectivity index (χ4n) is 1.52. The number of nitrogens with one attached hydrogen (secondary N) is 2. The Morgan fingerprint density at radius 3 is 2.11 bits per heavy atom. The van der Waals surface area contributed by atoms with Gasteiger partial charge in [0.1, 0.15) is 0 Å². The molecule has 0 aromatic carbocycles. The molecule has 3 N–H and O–H groups in total. The number of hydrogen-bond acceptors (Lipinski definition) is 2. The lowest BCUT2D eigenvalue weighted by Gasteiger charge is -2.17. The van der Waals surface area contributed by atoms with Gasteiger partial charge in [-0.15, -0.1) is 0 Å². The van der Waals surface area contributed by atoms with Crippen LogP contribution < -0.4 is 10.6 Å². The Morgan fingerprint density at radius 1 is 1.06 bits per heavy atom. The van der Waals surface area contributed by atoms with Crippen LogP contribution in [-0.2, 0) is 4.79 Å². The van der Waals surface area contributed by atoms with E-state index in [4.69, 9.17) is 5.11 Å². The fraction of sp³-hybridized carbons (Fsp3) is 0.846. The molecule has 106 valence electrons. The number of aliphatic carboxylic acids is 1. The van der Waals surface area contributed by atoms with Crippen molar-refractivity contribution in [2.75, 3.05) is 0 Å². The number of amides is 2. The van der Waals surface area contributed by atoms with Crippen LogP contribution in [0.25, 0.3) is 0 Å². The minimum Gasteiger partial charge on any atom is -0.481 e. The minimum absolute atomic E-state index is 0.0649. The van der Waals surface area contributed by atoms with E-state index in [1.165, 1.54) is 0 Å². The van der Waals surface area contributed by atoms with Crippen molar-refractivity contribution in [3.05, 3.63) is 0 Å². The lowest BCUT2D eigenvalue weighted by atomic mass is 10.0. The SMILES string of the molecule is CCC(C)NC(=O)NC(C)CCCC(C)C(=O)O. The van der Waals surface area contributed by atoms with Gasteiger partial charge in [-0.2, -0.15) is 0 Å².